The fraction of sp³-hybridized carbons (Fsp3) is 0.321. The quantitative estimate of drug-likeness (QED) is 0.314. The number of nitrogens with zero attached hydrogens (tertiary/aromatic N) is 5. The monoisotopic (exact) mass is 549 g/mol. The second-order valence-corrected chi connectivity index (χ2v) is 9.69. The van der Waals surface area contributed by atoms with Gasteiger partial charge >= 0.3 is 12.3 Å². The molecule has 0 bridgehead atoms. The van der Waals surface area contributed by atoms with Crippen LogP contribution >= 0.6 is 0 Å². The molecular formula is C28H26F3N7O2. The second-order valence-electron chi connectivity index (χ2n) is 9.69. The number of hydrogen-bond donors (Lipinski definition) is 2. The first-order valence-electron chi connectivity index (χ1n) is 12.8. The zero-order valence-corrected chi connectivity index (χ0v) is 21.6. The molecule has 0 saturated carbocycles. The number of H-pyrrole nitrogens is 1. The van der Waals surface area contributed by atoms with Crippen LogP contribution in [0.3, 0.4) is 0 Å². The van der Waals surface area contributed by atoms with Crippen molar-refractivity contribution in [1.82, 2.24) is 24.8 Å². The van der Waals surface area contributed by atoms with Crippen LogP contribution in [0.5, 0.6) is 0 Å². The molecule has 12 heteroatoms. The Labute approximate surface area is 228 Å². The Morgan fingerprint density at radius 1 is 1.23 bits per heavy atom. The van der Waals surface area contributed by atoms with Crippen molar-refractivity contribution >= 4 is 23.1 Å². The zero-order valence-electron chi connectivity index (χ0n) is 21.6. The van der Waals surface area contributed by atoms with E-state index in [0.29, 0.717) is 18.7 Å². The molecule has 1 amide bonds. The fourth-order valence-electron chi connectivity index (χ4n) is 4.81. The van der Waals surface area contributed by atoms with E-state index in [2.05, 4.69) is 25.3 Å². The number of carbonyl (C=O) groups excluding carboxylic acids is 1. The van der Waals surface area contributed by atoms with Gasteiger partial charge in [-0.2, -0.15) is 18.4 Å². The molecule has 4 aromatic rings. The number of rotatable bonds is 6. The summed E-state index contributed by atoms with van der Waals surface area (Å²) in [7, 11) is 0. The number of nitriles is 1. The highest BCUT2D eigenvalue weighted by Crippen LogP contribution is 2.35. The van der Waals surface area contributed by atoms with Gasteiger partial charge in [-0.15, -0.1) is 0 Å². The Morgan fingerprint density at radius 2 is 1.98 bits per heavy atom. The number of aromatic nitrogens is 4. The lowest BCUT2D eigenvalue weighted by Crippen LogP contribution is -2.42. The molecule has 4 heterocycles. The van der Waals surface area contributed by atoms with Gasteiger partial charge in [0.1, 0.15) is 18.3 Å². The number of pyridine rings is 1. The van der Waals surface area contributed by atoms with Gasteiger partial charge in [0.2, 0.25) is 5.95 Å². The van der Waals surface area contributed by atoms with Crippen molar-refractivity contribution in [3.05, 3.63) is 71.7 Å². The van der Waals surface area contributed by atoms with E-state index in [1.807, 2.05) is 43.3 Å². The Balaban J connectivity index is 1.25. The standard InChI is InChI=1S/C28H26F3N7O2/c1-17(19-7-9-38(10-8-19)27(39)40-16-18-5-3-2-4-6-18)36-26-35-13-20(12-32)24(37-26)23-15-34-25-22(23)11-21(14-33-25)28(29,30)31/h2-6,11,13-15,17,19H,7-10,16H2,1H3,(H,33,34)(H,35,36,37). The van der Waals surface area contributed by atoms with Gasteiger partial charge in [-0.1, -0.05) is 30.3 Å². The lowest BCUT2D eigenvalue weighted by molar-refractivity contribution is -0.137. The predicted octanol–water partition coefficient (Wildman–Crippen LogP) is 5.76. The van der Waals surface area contributed by atoms with Gasteiger partial charge < -0.3 is 19.9 Å². The zero-order chi connectivity index (χ0) is 28.3. The van der Waals surface area contributed by atoms with Gasteiger partial charge in [0, 0.05) is 42.5 Å². The molecule has 9 nitrogen and oxygen atoms in total. The van der Waals surface area contributed by atoms with Crippen LogP contribution in [0.2, 0.25) is 0 Å². The lowest BCUT2D eigenvalue weighted by atomic mass is 9.90. The van der Waals surface area contributed by atoms with Gasteiger partial charge in [-0.05, 0) is 37.3 Å². The van der Waals surface area contributed by atoms with Crippen LogP contribution in [-0.2, 0) is 17.5 Å². The number of hydrogen-bond acceptors (Lipinski definition) is 7. The van der Waals surface area contributed by atoms with Crippen LogP contribution in [0.25, 0.3) is 22.3 Å². The maximum atomic E-state index is 13.3. The highest BCUT2D eigenvalue weighted by molar-refractivity contribution is 5.94. The SMILES string of the molecule is CC(Nc1ncc(C#N)c(-c2c[nH]c3ncc(C(F)(F)F)cc23)n1)C1CCN(C(=O)OCc2ccccc2)CC1. The molecule has 3 aromatic heterocycles. The first kappa shape index (κ1) is 26.9. The normalized spacial score (nSPS) is 15.0. The molecular weight excluding hydrogens is 523 g/mol. The van der Waals surface area contributed by atoms with Crippen LogP contribution in [0.1, 0.15) is 36.5 Å². The van der Waals surface area contributed by atoms with E-state index < -0.39 is 11.7 Å². The summed E-state index contributed by atoms with van der Waals surface area (Å²) in [5, 5.41) is 13.1. The summed E-state index contributed by atoms with van der Waals surface area (Å²) in [5.74, 6) is 0.466. The molecule has 2 N–H and O–H groups in total. The average molecular weight is 550 g/mol. The third-order valence-electron chi connectivity index (χ3n) is 7.09. The van der Waals surface area contributed by atoms with Gasteiger partial charge in [-0.3, -0.25) is 0 Å². The van der Waals surface area contributed by atoms with Crippen molar-refractivity contribution in [3.63, 3.8) is 0 Å². The van der Waals surface area contributed by atoms with E-state index in [-0.39, 0.29) is 52.9 Å². The van der Waals surface area contributed by atoms with E-state index in [9.17, 15) is 23.2 Å². The smallest absolute Gasteiger partial charge is 0.417 e. The van der Waals surface area contributed by atoms with Crippen molar-refractivity contribution < 1.29 is 22.7 Å². The van der Waals surface area contributed by atoms with Crippen molar-refractivity contribution in [2.75, 3.05) is 18.4 Å². The summed E-state index contributed by atoms with van der Waals surface area (Å²) in [4.78, 5) is 29.7. The number of aromatic amines is 1. The molecule has 0 radical (unpaired) electrons. The van der Waals surface area contributed by atoms with Gasteiger partial charge in [0.05, 0.1) is 23.0 Å². The molecule has 1 fully saturated rings. The number of alkyl halides is 3. The summed E-state index contributed by atoms with van der Waals surface area (Å²) < 4.78 is 45.3. The number of likely N-dealkylation sites (tertiary alicyclic amines) is 1. The number of benzene rings is 1. The van der Waals surface area contributed by atoms with Crippen molar-refractivity contribution in [1.29, 1.82) is 5.26 Å². The van der Waals surface area contributed by atoms with Gasteiger partial charge in [0.15, 0.2) is 0 Å². The molecule has 0 aliphatic carbocycles. The number of fused-ring (bicyclic) bond motifs is 1. The number of nitrogens with one attached hydrogen (secondary N) is 2. The van der Waals surface area contributed by atoms with Crippen molar-refractivity contribution in [3.8, 4) is 17.3 Å². The fourth-order valence-corrected chi connectivity index (χ4v) is 4.81. The van der Waals surface area contributed by atoms with Crippen molar-refractivity contribution in [2.24, 2.45) is 5.92 Å². The summed E-state index contributed by atoms with van der Waals surface area (Å²) in [6, 6.07) is 12.4. The molecule has 206 valence electrons. The largest absolute Gasteiger partial charge is 0.445 e. The average Bonchev–Trinajstić information content (AvgIpc) is 3.39. The third-order valence-corrected chi connectivity index (χ3v) is 7.09. The van der Waals surface area contributed by atoms with Crippen LogP contribution in [0.15, 0.2) is 55.0 Å². The first-order valence-corrected chi connectivity index (χ1v) is 12.8. The number of anilines is 1. The maximum Gasteiger partial charge on any atom is 0.417 e. The number of piperidine rings is 1. The Bertz CT molecular complexity index is 1540. The molecule has 1 unspecified atom stereocenters. The molecule has 1 aromatic carbocycles. The molecule has 1 saturated heterocycles. The van der Waals surface area contributed by atoms with Crippen LogP contribution in [0, 0.1) is 17.2 Å². The minimum absolute atomic E-state index is 0.0651. The Kier molecular flexibility index (Phi) is 7.55. The van der Waals surface area contributed by atoms with Crippen LogP contribution in [0.4, 0.5) is 23.9 Å². The van der Waals surface area contributed by atoms with Gasteiger partial charge in [-0.25, -0.2) is 19.7 Å². The summed E-state index contributed by atoms with van der Waals surface area (Å²) in [6.07, 6.45) is 0.179. The molecule has 40 heavy (non-hydrogen) atoms. The Hall–Kier alpha value is -4.66. The van der Waals surface area contributed by atoms with E-state index in [4.69, 9.17) is 4.74 Å². The summed E-state index contributed by atoms with van der Waals surface area (Å²) in [6.45, 7) is 3.31. The third kappa shape index (κ3) is 5.83. The van der Waals surface area contributed by atoms with Crippen molar-refractivity contribution in [2.45, 2.75) is 38.6 Å². The Morgan fingerprint density at radius 3 is 2.67 bits per heavy atom. The first-order chi connectivity index (χ1) is 19.2. The number of carbonyl (C=O) groups is 1. The molecule has 1 aliphatic heterocycles. The maximum absolute atomic E-state index is 13.3. The summed E-state index contributed by atoms with van der Waals surface area (Å²) in [5.41, 5.74) is 0.938. The highest BCUT2D eigenvalue weighted by atomic mass is 19.4. The van der Waals surface area contributed by atoms with E-state index in [1.54, 1.807) is 4.90 Å². The van der Waals surface area contributed by atoms with E-state index in [0.717, 1.165) is 30.7 Å². The minimum Gasteiger partial charge on any atom is -0.445 e. The minimum atomic E-state index is -4.56. The van der Waals surface area contributed by atoms with E-state index in [1.165, 1.54) is 12.4 Å². The topological polar surface area (TPSA) is 120 Å². The van der Waals surface area contributed by atoms with Crippen LogP contribution < -0.4 is 5.32 Å². The number of ether oxygens (including phenoxy) is 1. The molecule has 1 atom stereocenters. The van der Waals surface area contributed by atoms with Crippen LogP contribution in [-0.4, -0.2) is 50.1 Å². The molecule has 5 rings (SSSR count). The van der Waals surface area contributed by atoms with E-state index >= 15 is 0 Å². The van der Waals surface area contributed by atoms with Gasteiger partial charge in [0.25, 0.3) is 0 Å². The second kappa shape index (κ2) is 11.2. The molecule has 1 aliphatic rings. The highest BCUT2D eigenvalue weighted by Gasteiger charge is 2.32. The number of halogens is 3. The molecule has 0 spiro atoms. The summed E-state index contributed by atoms with van der Waals surface area (Å²) >= 11 is 0. The number of amides is 1. The predicted molar refractivity (Wildman–Crippen MR) is 141 cm³/mol. The lowest BCUT2D eigenvalue weighted by Gasteiger charge is -2.34.